The fourth-order valence-electron chi connectivity index (χ4n) is 1.26. The third-order valence-corrected chi connectivity index (χ3v) is 2.27. The summed E-state index contributed by atoms with van der Waals surface area (Å²) in [4.78, 5) is 11.2. The number of aromatic nitrogens is 2. The van der Waals surface area contributed by atoms with Crippen molar-refractivity contribution in [1.29, 1.82) is 0 Å². The highest BCUT2D eigenvalue weighted by Crippen LogP contribution is 2.24. The Balaban J connectivity index is 2.69. The Morgan fingerprint density at radius 2 is 2.33 bits per heavy atom. The summed E-state index contributed by atoms with van der Waals surface area (Å²) in [5.74, 6) is -1.16. The van der Waals surface area contributed by atoms with Crippen LogP contribution in [0.15, 0.2) is 12.1 Å². The van der Waals surface area contributed by atoms with Gasteiger partial charge in [0.1, 0.15) is 5.82 Å². The van der Waals surface area contributed by atoms with Gasteiger partial charge in [-0.3, -0.25) is 5.10 Å². The van der Waals surface area contributed by atoms with Crippen molar-refractivity contribution < 1.29 is 13.9 Å². The molecule has 0 bridgehead atoms. The molecule has 2 rings (SSSR count). The smallest absolute Gasteiger partial charge is 0.359 e. The van der Waals surface area contributed by atoms with Crippen LogP contribution in [0, 0.1) is 5.82 Å². The molecule has 78 valence electrons. The summed E-state index contributed by atoms with van der Waals surface area (Å²) < 4.78 is 17.6. The Morgan fingerprint density at radius 1 is 1.60 bits per heavy atom. The van der Waals surface area contributed by atoms with Gasteiger partial charge in [-0.25, -0.2) is 9.18 Å². The van der Waals surface area contributed by atoms with E-state index < -0.39 is 11.8 Å². The van der Waals surface area contributed by atoms with Crippen LogP contribution in [0.1, 0.15) is 10.5 Å². The van der Waals surface area contributed by atoms with E-state index in [1.54, 1.807) is 0 Å². The number of rotatable bonds is 1. The van der Waals surface area contributed by atoms with Crippen molar-refractivity contribution >= 4 is 28.5 Å². The molecule has 1 N–H and O–H groups in total. The molecule has 0 unspecified atom stereocenters. The van der Waals surface area contributed by atoms with Crippen molar-refractivity contribution in [3.8, 4) is 0 Å². The summed E-state index contributed by atoms with van der Waals surface area (Å²) in [7, 11) is 1.24. The number of carbonyl (C=O) groups excluding carboxylic acids is 1. The van der Waals surface area contributed by atoms with Gasteiger partial charge in [0, 0.05) is 11.5 Å². The van der Waals surface area contributed by atoms with Gasteiger partial charge in [0.2, 0.25) is 0 Å². The van der Waals surface area contributed by atoms with Gasteiger partial charge in [-0.1, -0.05) is 11.6 Å². The number of esters is 1. The number of fused-ring (bicyclic) bond motifs is 1. The van der Waals surface area contributed by atoms with E-state index in [0.29, 0.717) is 10.9 Å². The van der Waals surface area contributed by atoms with Crippen LogP contribution in [0.5, 0.6) is 0 Å². The van der Waals surface area contributed by atoms with Crippen LogP contribution in [-0.4, -0.2) is 23.3 Å². The second-order valence-electron chi connectivity index (χ2n) is 2.88. The molecule has 0 spiro atoms. The van der Waals surface area contributed by atoms with Crippen LogP contribution >= 0.6 is 11.6 Å². The molecule has 0 aliphatic carbocycles. The zero-order chi connectivity index (χ0) is 11.0. The molecule has 2 aromatic rings. The lowest BCUT2D eigenvalue weighted by molar-refractivity contribution is 0.0596. The highest BCUT2D eigenvalue weighted by atomic mass is 35.5. The number of nitrogens with zero attached hydrogens (tertiary/aromatic N) is 1. The molecule has 0 aliphatic rings. The van der Waals surface area contributed by atoms with Gasteiger partial charge in [0.05, 0.1) is 17.6 Å². The Kier molecular flexibility index (Phi) is 2.32. The average molecular weight is 229 g/mol. The van der Waals surface area contributed by atoms with Crippen molar-refractivity contribution in [2.45, 2.75) is 0 Å². The first-order valence-corrected chi connectivity index (χ1v) is 4.42. The first-order chi connectivity index (χ1) is 7.13. The molecule has 15 heavy (non-hydrogen) atoms. The van der Waals surface area contributed by atoms with Crippen LogP contribution in [0.25, 0.3) is 10.9 Å². The SMILES string of the molecule is COC(=O)c1n[nH]c2cc(F)c(Cl)cc12. The standard InChI is InChI=1S/C9H6ClFN2O2/c1-15-9(14)8-4-2-5(10)6(11)3-7(4)12-13-8/h2-3H,1H3,(H,12,13). The van der Waals surface area contributed by atoms with Crippen LogP contribution in [0.4, 0.5) is 4.39 Å². The summed E-state index contributed by atoms with van der Waals surface area (Å²) in [6.45, 7) is 0. The number of H-pyrrole nitrogens is 1. The van der Waals surface area contributed by atoms with Gasteiger partial charge in [0.25, 0.3) is 0 Å². The van der Waals surface area contributed by atoms with Gasteiger partial charge < -0.3 is 4.74 Å². The van der Waals surface area contributed by atoms with Crippen LogP contribution in [-0.2, 0) is 4.74 Å². The predicted octanol–water partition coefficient (Wildman–Crippen LogP) is 2.14. The molecule has 6 heteroatoms. The molecule has 0 saturated carbocycles. The maximum atomic E-state index is 13.0. The molecule has 1 aromatic heterocycles. The van der Waals surface area contributed by atoms with Crippen molar-refractivity contribution in [2.75, 3.05) is 7.11 Å². The number of halogens is 2. The molecule has 0 amide bonds. The molecule has 0 aliphatic heterocycles. The van der Waals surface area contributed by atoms with E-state index in [0.717, 1.165) is 0 Å². The zero-order valence-corrected chi connectivity index (χ0v) is 8.43. The van der Waals surface area contributed by atoms with Crippen molar-refractivity contribution in [1.82, 2.24) is 10.2 Å². The molecule has 1 aromatic carbocycles. The third-order valence-electron chi connectivity index (χ3n) is 1.98. The Hall–Kier alpha value is -1.62. The lowest BCUT2D eigenvalue weighted by Crippen LogP contribution is -2.01. The molecular weight excluding hydrogens is 223 g/mol. The van der Waals surface area contributed by atoms with E-state index in [4.69, 9.17) is 11.6 Å². The first-order valence-electron chi connectivity index (χ1n) is 4.05. The molecule has 0 saturated heterocycles. The van der Waals surface area contributed by atoms with Crippen molar-refractivity contribution in [3.05, 3.63) is 28.7 Å². The Bertz CT molecular complexity index is 538. The summed E-state index contributed by atoms with van der Waals surface area (Å²) in [6.07, 6.45) is 0. The monoisotopic (exact) mass is 228 g/mol. The number of aromatic amines is 1. The summed E-state index contributed by atoms with van der Waals surface area (Å²) in [6, 6.07) is 2.51. The topological polar surface area (TPSA) is 55.0 Å². The van der Waals surface area contributed by atoms with E-state index in [-0.39, 0.29) is 10.7 Å². The van der Waals surface area contributed by atoms with Crippen LogP contribution < -0.4 is 0 Å². The van der Waals surface area contributed by atoms with E-state index in [1.165, 1.54) is 19.2 Å². The van der Waals surface area contributed by atoms with Crippen LogP contribution in [0.2, 0.25) is 5.02 Å². The second-order valence-corrected chi connectivity index (χ2v) is 3.28. The lowest BCUT2D eigenvalue weighted by atomic mass is 10.2. The zero-order valence-electron chi connectivity index (χ0n) is 7.67. The second kappa shape index (κ2) is 3.51. The van der Waals surface area contributed by atoms with E-state index >= 15 is 0 Å². The summed E-state index contributed by atoms with van der Waals surface area (Å²) in [5.41, 5.74) is 0.492. The lowest BCUT2D eigenvalue weighted by Gasteiger charge is -1.96. The number of carbonyl (C=O) groups is 1. The first kappa shape index (κ1) is 9.92. The quantitative estimate of drug-likeness (QED) is 0.761. The van der Waals surface area contributed by atoms with Gasteiger partial charge in [-0.05, 0) is 6.07 Å². The van der Waals surface area contributed by atoms with Gasteiger partial charge in [0.15, 0.2) is 5.69 Å². The number of hydrogen-bond acceptors (Lipinski definition) is 3. The maximum Gasteiger partial charge on any atom is 0.359 e. The number of methoxy groups -OCH3 is 1. The molecule has 0 radical (unpaired) electrons. The fourth-order valence-corrected chi connectivity index (χ4v) is 1.43. The van der Waals surface area contributed by atoms with Gasteiger partial charge in [-0.2, -0.15) is 5.10 Å². The maximum absolute atomic E-state index is 13.0. The highest BCUT2D eigenvalue weighted by molar-refractivity contribution is 6.31. The van der Waals surface area contributed by atoms with Gasteiger partial charge >= 0.3 is 5.97 Å². The summed E-state index contributed by atoms with van der Waals surface area (Å²) in [5, 5.41) is 6.62. The number of ether oxygens (including phenoxy) is 1. The van der Waals surface area contributed by atoms with E-state index in [9.17, 15) is 9.18 Å². The fraction of sp³-hybridized carbons (Fsp3) is 0.111. The van der Waals surface area contributed by atoms with E-state index in [2.05, 4.69) is 14.9 Å². The molecule has 1 heterocycles. The third kappa shape index (κ3) is 1.55. The normalized spacial score (nSPS) is 10.6. The minimum atomic E-state index is -0.594. The number of benzene rings is 1. The number of nitrogens with one attached hydrogen (secondary N) is 1. The average Bonchev–Trinajstić information content (AvgIpc) is 2.61. The minimum Gasteiger partial charge on any atom is -0.464 e. The predicted molar refractivity (Wildman–Crippen MR) is 52.4 cm³/mol. The van der Waals surface area contributed by atoms with Crippen LogP contribution in [0.3, 0.4) is 0 Å². The Labute approximate surface area is 89.0 Å². The van der Waals surface area contributed by atoms with Gasteiger partial charge in [-0.15, -0.1) is 0 Å². The molecule has 0 fully saturated rings. The Morgan fingerprint density at radius 3 is 3.00 bits per heavy atom. The minimum absolute atomic E-state index is 0.0611. The molecule has 0 atom stereocenters. The van der Waals surface area contributed by atoms with E-state index in [1.807, 2.05) is 0 Å². The van der Waals surface area contributed by atoms with Crippen molar-refractivity contribution in [2.24, 2.45) is 0 Å². The largest absolute Gasteiger partial charge is 0.464 e. The van der Waals surface area contributed by atoms with Crippen molar-refractivity contribution in [3.63, 3.8) is 0 Å². The number of hydrogen-bond donors (Lipinski definition) is 1. The molecule has 4 nitrogen and oxygen atoms in total. The molecular formula is C9H6ClFN2O2. The summed E-state index contributed by atoms with van der Waals surface area (Å²) >= 11 is 5.60. The highest BCUT2D eigenvalue weighted by Gasteiger charge is 2.16.